The number of amides is 2. The summed E-state index contributed by atoms with van der Waals surface area (Å²) in [5.74, 6) is -0.481. The van der Waals surface area contributed by atoms with E-state index in [0.29, 0.717) is 18.4 Å². The van der Waals surface area contributed by atoms with Crippen molar-refractivity contribution in [2.24, 2.45) is 0 Å². The van der Waals surface area contributed by atoms with Crippen LogP contribution in [0, 0.1) is 11.3 Å². The van der Waals surface area contributed by atoms with Crippen LogP contribution in [0.5, 0.6) is 0 Å². The van der Waals surface area contributed by atoms with E-state index in [1.54, 1.807) is 12.1 Å². The molecule has 0 aromatic heterocycles. The largest absolute Gasteiger partial charge is 0.299 e. The van der Waals surface area contributed by atoms with Gasteiger partial charge < -0.3 is 0 Å². The van der Waals surface area contributed by atoms with Crippen molar-refractivity contribution < 1.29 is 9.59 Å². The van der Waals surface area contributed by atoms with Crippen molar-refractivity contribution in [2.45, 2.75) is 31.8 Å². The first-order valence-corrected chi connectivity index (χ1v) is 6.20. The minimum absolute atomic E-state index is 0.0169. The number of carbonyl (C=O) groups is 2. The molecule has 1 aromatic rings. The van der Waals surface area contributed by atoms with Crippen LogP contribution in [0.3, 0.4) is 0 Å². The molecule has 0 saturated carbocycles. The van der Waals surface area contributed by atoms with Gasteiger partial charge in [-0.05, 0) is 31.0 Å². The molecular formula is C14H15N3O2. The highest BCUT2D eigenvalue weighted by molar-refractivity contribution is 6.00. The summed E-state index contributed by atoms with van der Waals surface area (Å²) < 4.78 is 0. The standard InChI is InChI=1S/C14H15N3O2/c1-9(11-4-2-10(8-15)3-5-11)16-12-6-7-13(18)17-14(12)19/h2-5,9,12,16H,6-7H2,1H3,(H,17,18,19). The van der Waals surface area contributed by atoms with Crippen LogP contribution in [0.4, 0.5) is 0 Å². The van der Waals surface area contributed by atoms with E-state index in [4.69, 9.17) is 5.26 Å². The number of nitrogens with one attached hydrogen (secondary N) is 2. The van der Waals surface area contributed by atoms with Gasteiger partial charge in [0.05, 0.1) is 17.7 Å². The van der Waals surface area contributed by atoms with Gasteiger partial charge in [-0.15, -0.1) is 0 Å². The zero-order chi connectivity index (χ0) is 13.8. The van der Waals surface area contributed by atoms with Crippen LogP contribution >= 0.6 is 0 Å². The minimum atomic E-state index is -0.344. The molecule has 0 radical (unpaired) electrons. The second-order valence-corrected chi connectivity index (χ2v) is 4.63. The highest BCUT2D eigenvalue weighted by atomic mass is 16.2. The van der Waals surface area contributed by atoms with Gasteiger partial charge in [0.25, 0.3) is 0 Å². The number of carbonyl (C=O) groups excluding carboxylic acids is 2. The molecule has 2 atom stereocenters. The Labute approximate surface area is 111 Å². The number of hydrogen-bond donors (Lipinski definition) is 2. The summed E-state index contributed by atoms with van der Waals surface area (Å²) in [6, 6.07) is 8.93. The van der Waals surface area contributed by atoms with Gasteiger partial charge in [0.15, 0.2) is 0 Å². The summed E-state index contributed by atoms with van der Waals surface area (Å²) in [4.78, 5) is 22.7. The lowest BCUT2D eigenvalue weighted by Crippen LogP contribution is -2.51. The predicted molar refractivity (Wildman–Crippen MR) is 68.9 cm³/mol. The van der Waals surface area contributed by atoms with E-state index in [-0.39, 0.29) is 23.9 Å². The van der Waals surface area contributed by atoms with E-state index in [1.807, 2.05) is 19.1 Å². The Bertz CT molecular complexity index is 531. The Balaban J connectivity index is 2.00. The predicted octanol–water partition coefficient (Wildman–Crippen LogP) is 1.01. The summed E-state index contributed by atoms with van der Waals surface area (Å²) in [6.07, 6.45) is 0.884. The first-order valence-electron chi connectivity index (χ1n) is 6.20. The summed E-state index contributed by atoms with van der Waals surface area (Å²) in [7, 11) is 0. The van der Waals surface area contributed by atoms with E-state index in [0.717, 1.165) is 5.56 Å². The highest BCUT2D eigenvalue weighted by Gasteiger charge is 2.27. The molecule has 0 bridgehead atoms. The molecule has 0 aliphatic carbocycles. The Morgan fingerprint density at radius 1 is 1.37 bits per heavy atom. The van der Waals surface area contributed by atoms with Crippen molar-refractivity contribution in [3.63, 3.8) is 0 Å². The quantitative estimate of drug-likeness (QED) is 0.792. The Hall–Kier alpha value is -2.19. The molecule has 1 aliphatic heterocycles. The number of imide groups is 1. The molecular weight excluding hydrogens is 242 g/mol. The SMILES string of the molecule is CC(NC1CCC(=O)NC1=O)c1ccc(C#N)cc1. The summed E-state index contributed by atoms with van der Waals surface area (Å²) >= 11 is 0. The molecule has 2 amide bonds. The maximum atomic E-state index is 11.6. The lowest BCUT2D eigenvalue weighted by Gasteiger charge is -2.25. The van der Waals surface area contributed by atoms with E-state index in [1.165, 1.54) is 0 Å². The maximum absolute atomic E-state index is 11.6. The maximum Gasteiger partial charge on any atom is 0.243 e. The van der Waals surface area contributed by atoms with Gasteiger partial charge in [-0.3, -0.25) is 20.2 Å². The third-order valence-corrected chi connectivity index (χ3v) is 3.23. The van der Waals surface area contributed by atoms with E-state index < -0.39 is 0 Å². The number of benzene rings is 1. The van der Waals surface area contributed by atoms with Gasteiger partial charge in [0, 0.05) is 12.5 Å². The topological polar surface area (TPSA) is 82.0 Å². The van der Waals surface area contributed by atoms with Crippen molar-refractivity contribution in [1.29, 1.82) is 5.26 Å². The van der Waals surface area contributed by atoms with Gasteiger partial charge >= 0.3 is 0 Å². The Kier molecular flexibility index (Phi) is 3.93. The third kappa shape index (κ3) is 3.18. The van der Waals surface area contributed by atoms with E-state index in [2.05, 4.69) is 16.7 Å². The van der Waals surface area contributed by atoms with Crippen LogP contribution in [0.2, 0.25) is 0 Å². The normalized spacial score (nSPS) is 20.5. The fourth-order valence-corrected chi connectivity index (χ4v) is 2.10. The molecule has 2 N–H and O–H groups in total. The number of rotatable bonds is 3. The third-order valence-electron chi connectivity index (χ3n) is 3.23. The molecule has 19 heavy (non-hydrogen) atoms. The monoisotopic (exact) mass is 257 g/mol. The molecule has 1 heterocycles. The van der Waals surface area contributed by atoms with Crippen molar-refractivity contribution >= 4 is 11.8 Å². The van der Waals surface area contributed by atoms with Crippen molar-refractivity contribution in [2.75, 3.05) is 0 Å². The molecule has 1 fully saturated rings. The minimum Gasteiger partial charge on any atom is -0.299 e. The zero-order valence-corrected chi connectivity index (χ0v) is 10.6. The average molecular weight is 257 g/mol. The van der Waals surface area contributed by atoms with Crippen LogP contribution in [-0.4, -0.2) is 17.9 Å². The first kappa shape index (κ1) is 13.2. The fraction of sp³-hybridized carbons (Fsp3) is 0.357. The van der Waals surface area contributed by atoms with Crippen molar-refractivity contribution in [3.8, 4) is 6.07 Å². The van der Waals surface area contributed by atoms with Gasteiger partial charge in [-0.1, -0.05) is 12.1 Å². The second-order valence-electron chi connectivity index (χ2n) is 4.63. The van der Waals surface area contributed by atoms with Crippen LogP contribution in [0.25, 0.3) is 0 Å². The van der Waals surface area contributed by atoms with Crippen molar-refractivity contribution in [1.82, 2.24) is 10.6 Å². The van der Waals surface area contributed by atoms with Gasteiger partial charge in [0.1, 0.15) is 0 Å². The van der Waals surface area contributed by atoms with Gasteiger partial charge in [-0.2, -0.15) is 5.26 Å². The molecule has 2 rings (SSSR count). The molecule has 5 nitrogen and oxygen atoms in total. The molecule has 1 saturated heterocycles. The Morgan fingerprint density at radius 2 is 2.05 bits per heavy atom. The zero-order valence-electron chi connectivity index (χ0n) is 10.6. The van der Waals surface area contributed by atoms with Crippen LogP contribution < -0.4 is 10.6 Å². The number of nitrogens with zero attached hydrogens (tertiary/aromatic N) is 1. The summed E-state index contributed by atoms with van der Waals surface area (Å²) in [5, 5.41) is 14.3. The Morgan fingerprint density at radius 3 is 2.63 bits per heavy atom. The lowest BCUT2D eigenvalue weighted by molar-refractivity contribution is -0.134. The molecule has 98 valence electrons. The van der Waals surface area contributed by atoms with Crippen molar-refractivity contribution in [3.05, 3.63) is 35.4 Å². The second kappa shape index (κ2) is 5.63. The lowest BCUT2D eigenvalue weighted by atomic mass is 10.0. The fourth-order valence-electron chi connectivity index (χ4n) is 2.10. The van der Waals surface area contributed by atoms with E-state index >= 15 is 0 Å². The molecule has 5 heteroatoms. The highest BCUT2D eigenvalue weighted by Crippen LogP contribution is 2.16. The van der Waals surface area contributed by atoms with Crippen LogP contribution in [-0.2, 0) is 9.59 Å². The average Bonchev–Trinajstić information content (AvgIpc) is 2.42. The van der Waals surface area contributed by atoms with Gasteiger partial charge in [0.2, 0.25) is 11.8 Å². The molecule has 1 aromatic carbocycles. The van der Waals surface area contributed by atoms with Crippen LogP contribution in [0.15, 0.2) is 24.3 Å². The van der Waals surface area contributed by atoms with Crippen LogP contribution in [0.1, 0.15) is 36.9 Å². The van der Waals surface area contributed by atoms with Gasteiger partial charge in [-0.25, -0.2) is 0 Å². The number of nitriles is 1. The molecule has 0 spiro atoms. The summed E-state index contributed by atoms with van der Waals surface area (Å²) in [6.45, 7) is 1.95. The number of hydrogen-bond acceptors (Lipinski definition) is 4. The summed E-state index contributed by atoms with van der Waals surface area (Å²) in [5.41, 5.74) is 1.61. The molecule has 1 aliphatic rings. The molecule has 2 unspecified atom stereocenters. The first-order chi connectivity index (χ1) is 9.10. The number of piperidine rings is 1. The smallest absolute Gasteiger partial charge is 0.243 e. The van der Waals surface area contributed by atoms with E-state index in [9.17, 15) is 9.59 Å².